The molecule has 10 heteroatoms. The summed E-state index contributed by atoms with van der Waals surface area (Å²) in [6.45, 7) is 2.32. The topological polar surface area (TPSA) is 136 Å². The Labute approximate surface area is 220 Å². The zero-order valence-electron chi connectivity index (χ0n) is 20.9. The molecule has 4 rings (SSSR count). The molecule has 9 nitrogen and oxygen atoms in total. The third-order valence-corrected chi connectivity index (χ3v) is 6.40. The van der Waals surface area contributed by atoms with Gasteiger partial charge in [-0.2, -0.15) is 5.26 Å². The van der Waals surface area contributed by atoms with Crippen molar-refractivity contribution in [2.24, 2.45) is 5.73 Å². The Hall–Kier alpha value is -4.33. The lowest BCUT2D eigenvalue weighted by molar-refractivity contribution is -0.132. The van der Waals surface area contributed by atoms with Crippen LogP contribution in [-0.2, 0) is 11.2 Å². The van der Waals surface area contributed by atoms with Gasteiger partial charge in [0.2, 0.25) is 5.91 Å². The highest BCUT2D eigenvalue weighted by atomic mass is 19.1. The van der Waals surface area contributed by atoms with Crippen molar-refractivity contribution in [1.82, 2.24) is 20.5 Å². The van der Waals surface area contributed by atoms with Crippen LogP contribution in [0.1, 0.15) is 21.5 Å². The molecule has 2 heterocycles. The summed E-state index contributed by atoms with van der Waals surface area (Å²) in [4.78, 5) is 31.9. The number of pyridine rings is 1. The number of benzene rings is 2. The molecule has 0 bridgehead atoms. The molecule has 38 heavy (non-hydrogen) atoms. The summed E-state index contributed by atoms with van der Waals surface area (Å²) in [6.07, 6.45) is 0.517. The number of nitrogens with two attached hydrogens (primary N) is 1. The number of hydrogen-bond donors (Lipinski definition) is 4. The second-order valence-corrected chi connectivity index (χ2v) is 8.92. The van der Waals surface area contributed by atoms with E-state index in [9.17, 15) is 19.2 Å². The largest absolute Gasteiger partial charge is 0.369 e. The monoisotopic (exact) mass is 515 g/mol. The first-order chi connectivity index (χ1) is 18.5. The zero-order valence-corrected chi connectivity index (χ0v) is 20.9. The average molecular weight is 516 g/mol. The van der Waals surface area contributed by atoms with E-state index >= 15 is 0 Å². The lowest BCUT2D eigenvalue weighted by atomic mass is 10.0. The van der Waals surface area contributed by atoms with Gasteiger partial charge in [-0.3, -0.25) is 9.59 Å². The van der Waals surface area contributed by atoms with E-state index in [1.54, 1.807) is 41.3 Å². The number of amides is 2. The summed E-state index contributed by atoms with van der Waals surface area (Å²) in [5.74, 6) is -0.472. The van der Waals surface area contributed by atoms with Crippen LogP contribution in [0.2, 0.25) is 0 Å². The number of piperazine rings is 1. The number of nitrogens with zero attached hydrogens (tertiary/aromatic N) is 3. The number of rotatable bonds is 9. The Kier molecular flexibility index (Phi) is 8.98. The van der Waals surface area contributed by atoms with E-state index in [4.69, 9.17) is 5.73 Å². The summed E-state index contributed by atoms with van der Waals surface area (Å²) in [5, 5.41) is 18.9. The second kappa shape index (κ2) is 12.8. The van der Waals surface area contributed by atoms with E-state index in [0.717, 1.165) is 5.56 Å². The van der Waals surface area contributed by atoms with Gasteiger partial charge in [-0.25, -0.2) is 9.37 Å². The molecule has 1 aliphatic heterocycles. The first-order valence-electron chi connectivity index (χ1n) is 12.5. The first kappa shape index (κ1) is 26.7. The second-order valence-electron chi connectivity index (χ2n) is 8.92. The number of anilines is 1. The Morgan fingerprint density at radius 3 is 2.82 bits per heavy atom. The van der Waals surface area contributed by atoms with E-state index in [-0.39, 0.29) is 36.8 Å². The van der Waals surface area contributed by atoms with Crippen LogP contribution in [0, 0.1) is 17.1 Å². The predicted molar refractivity (Wildman–Crippen MR) is 143 cm³/mol. The van der Waals surface area contributed by atoms with Gasteiger partial charge in [0.25, 0.3) is 5.91 Å². The molecule has 2 aromatic carbocycles. The quantitative estimate of drug-likeness (QED) is 0.342. The standard InChI is InChI=1S/C28H30FN7O2/c29-21-6-3-4-19(14-21)10-11-33-27-24(8-9-25(35-27)23-7-2-1-5-20(23)15-30)28(38)34-18-22-17-32-12-13-36(22)26(37)16-31/h1-9,14,22,32H,10-13,16-18,31H2,(H,33,35)(H,34,38)/t22-/m1/s1. The van der Waals surface area contributed by atoms with Gasteiger partial charge in [-0.05, 0) is 42.3 Å². The van der Waals surface area contributed by atoms with Crippen LogP contribution < -0.4 is 21.7 Å². The van der Waals surface area contributed by atoms with Crippen molar-refractivity contribution < 1.29 is 14.0 Å². The highest BCUT2D eigenvalue weighted by Gasteiger charge is 2.26. The van der Waals surface area contributed by atoms with Crippen LogP contribution >= 0.6 is 0 Å². The molecule has 3 aromatic rings. The molecular formula is C28H30FN7O2. The van der Waals surface area contributed by atoms with Gasteiger partial charge in [0.1, 0.15) is 11.6 Å². The van der Waals surface area contributed by atoms with Crippen LogP contribution in [-0.4, -0.2) is 67.0 Å². The van der Waals surface area contributed by atoms with Crippen LogP contribution in [0.25, 0.3) is 11.3 Å². The highest BCUT2D eigenvalue weighted by Crippen LogP contribution is 2.25. The van der Waals surface area contributed by atoms with Crippen molar-refractivity contribution in [1.29, 1.82) is 5.26 Å². The fourth-order valence-electron chi connectivity index (χ4n) is 4.44. The van der Waals surface area contributed by atoms with Crippen molar-refractivity contribution in [3.05, 3.63) is 83.2 Å². The highest BCUT2D eigenvalue weighted by molar-refractivity contribution is 5.99. The fourth-order valence-corrected chi connectivity index (χ4v) is 4.44. The molecule has 0 saturated carbocycles. The number of carbonyl (C=O) groups is 2. The Morgan fingerprint density at radius 2 is 2.03 bits per heavy atom. The predicted octanol–water partition coefficient (Wildman–Crippen LogP) is 1.90. The van der Waals surface area contributed by atoms with Crippen LogP contribution in [0.4, 0.5) is 10.2 Å². The Bertz CT molecular complexity index is 1340. The molecule has 0 spiro atoms. The lowest BCUT2D eigenvalue weighted by Gasteiger charge is -2.36. The van der Waals surface area contributed by atoms with Gasteiger partial charge in [0, 0.05) is 38.3 Å². The van der Waals surface area contributed by atoms with E-state index in [0.29, 0.717) is 60.8 Å². The summed E-state index contributed by atoms with van der Waals surface area (Å²) in [5.41, 5.74) is 8.35. The molecule has 1 fully saturated rings. The van der Waals surface area contributed by atoms with Gasteiger partial charge < -0.3 is 26.6 Å². The normalized spacial score (nSPS) is 15.0. The number of nitriles is 1. The van der Waals surface area contributed by atoms with Crippen LogP contribution in [0.5, 0.6) is 0 Å². The smallest absolute Gasteiger partial charge is 0.255 e. The third-order valence-electron chi connectivity index (χ3n) is 6.40. The summed E-state index contributed by atoms with van der Waals surface area (Å²) >= 11 is 0. The number of halogens is 1. The van der Waals surface area contributed by atoms with Gasteiger partial charge in [-0.1, -0.05) is 30.3 Å². The zero-order chi connectivity index (χ0) is 26.9. The summed E-state index contributed by atoms with van der Waals surface area (Å²) < 4.78 is 13.6. The maximum atomic E-state index is 13.6. The van der Waals surface area contributed by atoms with Crippen LogP contribution in [0.3, 0.4) is 0 Å². The average Bonchev–Trinajstić information content (AvgIpc) is 2.95. The van der Waals surface area contributed by atoms with E-state index in [2.05, 4.69) is 27.0 Å². The number of nitrogens with one attached hydrogen (secondary N) is 3. The number of aromatic nitrogens is 1. The minimum Gasteiger partial charge on any atom is -0.369 e. The molecule has 196 valence electrons. The molecule has 1 saturated heterocycles. The molecule has 1 aliphatic rings. The fraction of sp³-hybridized carbons (Fsp3) is 0.286. The molecule has 0 unspecified atom stereocenters. The van der Waals surface area contributed by atoms with E-state index < -0.39 is 0 Å². The molecule has 0 radical (unpaired) electrons. The molecule has 1 aromatic heterocycles. The van der Waals surface area contributed by atoms with Gasteiger partial charge >= 0.3 is 0 Å². The van der Waals surface area contributed by atoms with E-state index in [1.807, 2.05) is 12.1 Å². The van der Waals surface area contributed by atoms with Crippen molar-refractivity contribution in [3.8, 4) is 17.3 Å². The maximum absolute atomic E-state index is 13.6. The van der Waals surface area contributed by atoms with Crippen molar-refractivity contribution >= 4 is 17.6 Å². The van der Waals surface area contributed by atoms with Crippen molar-refractivity contribution in [3.63, 3.8) is 0 Å². The molecule has 5 N–H and O–H groups in total. The van der Waals surface area contributed by atoms with Crippen LogP contribution in [0.15, 0.2) is 60.7 Å². The van der Waals surface area contributed by atoms with Crippen molar-refractivity contribution in [2.45, 2.75) is 12.5 Å². The number of hydrogen-bond acceptors (Lipinski definition) is 7. The Balaban J connectivity index is 1.55. The number of carbonyl (C=O) groups excluding carboxylic acids is 2. The van der Waals surface area contributed by atoms with Crippen molar-refractivity contribution in [2.75, 3.05) is 44.6 Å². The SMILES string of the molecule is N#Cc1ccccc1-c1ccc(C(=O)NC[C@H]2CNCCN2C(=O)CN)c(NCCc2cccc(F)c2)n1. The van der Waals surface area contributed by atoms with Gasteiger partial charge in [0.15, 0.2) is 0 Å². The summed E-state index contributed by atoms with van der Waals surface area (Å²) in [7, 11) is 0. The summed E-state index contributed by atoms with van der Waals surface area (Å²) in [6, 6.07) is 18.8. The Morgan fingerprint density at radius 1 is 1.18 bits per heavy atom. The lowest BCUT2D eigenvalue weighted by Crippen LogP contribution is -2.58. The minimum atomic E-state index is -0.350. The third kappa shape index (κ3) is 6.51. The van der Waals surface area contributed by atoms with Gasteiger partial charge in [0.05, 0.1) is 35.5 Å². The maximum Gasteiger partial charge on any atom is 0.255 e. The van der Waals surface area contributed by atoms with E-state index in [1.165, 1.54) is 12.1 Å². The molecule has 0 aliphatic carbocycles. The molecular weight excluding hydrogens is 485 g/mol. The first-order valence-corrected chi connectivity index (χ1v) is 12.5. The minimum absolute atomic E-state index is 0.0839. The molecule has 2 amide bonds. The molecule has 1 atom stereocenters. The van der Waals surface area contributed by atoms with Gasteiger partial charge in [-0.15, -0.1) is 0 Å².